The Labute approximate surface area is 137 Å². The van der Waals surface area contributed by atoms with Crippen LogP contribution in [0.1, 0.15) is 33.1 Å². The molecule has 3 atom stereocenters. The van der Waals surface area contributed by atoms with E-state index in [1.54, 1.807) is 0 Å². The number of rotatable bonds is 3. The van der Waals surface area contributed by atoms with Crippen molar-refractivity contribution >= 4 is 52.6 Å². The van der Waals surface area contributed by atoms with Gasteiger partial charge in [-0.25, -0.2) is 0 Å². The average molecular weight is 361 g/mol. The van der Waals surface area contributed by atoms with Gasteiger partial charge in [-0.1, -0.05) is 34.8 Å². The van der Waals surface area contributed by atoms with E-state index in [0.29, 0.717) is 12.8 Å². The van der Waals surface area contributed by atoms with Crippen molar-refractivity contribution in [1.82, 2.24) is 5.32 Å². The Balaban J connectivity index is 2.67. The Bertz CT molecular complexity index is 424. The third-order valence-electron chi connectivity index (χ3n) is 2.96. The molecule has 120 valence electrons. The number of hydrogen-bond donors (Lipinski definition) is 1. The molecule has 0 aliphatic heterocycles. The molecule has 0 radical (unpaired) electrons. The third-order valence-corrected chi connectivity index (χ3v) is 3.47. The molecule has 1 aliphatic rings. The van der Waals surface area contributed by atoms with Gasteiger partial charge in [0.25, 0.3) is 9.70 Å². The van der Waals surface area contributed by atoms with Crippen LogP contribution in [0.25, 0.3) is 0 Å². The minimum absolute atomic E-state index is 0.282. The zero-order valence-corrected chi connectivity index (χ0v) is 13.8. The van der Waals surface area contributed by atoms with E-state index in [4.69, 9.17) is 44.3 Å². The van der Waals surface area contributed by atoms with Gasteiger partial charge in [-0.05, 0) is 12.8 Å². The van der Waals surface area contributed by atoms with Crippen LogP contribution in [0.5, 0.6) is 0 Å². The lowest BCUT2D eigenvalue weighted by Crippen LogP contribution is -2.49. The molecule has 6 nitrogen and oxygen atoms in total. The fourth-order valence-electron chi connectivity index (χ4n) is 2.18. The van der Waals surface area contributed by atoms with Crippen molar-refractivity contribution in [3.8, 4) is 0 Å². The highest BCUT2D eigenvalue weighted by Gasteiger charge is 2.38. The normalized spacial score (nSPS) is 25.9. The maximum absolute atomic E-state index is 11.6. The van der Waals surface area contributed by atoms with Crippen LogP contribution in [-0.4, -0.2) is 39.9 Å². The monoisotopic (exact) mass is 359 g/mol. The third kappa shape index (κ3) is 6.28. The first-order valence-corrected chi connectivity index (χ1v) is 7.45. The van der Waals surface area contributed by atoms with Gasteiger partial charge in [-0.3, -0.25) is 14.4 Å². The second-order valence-corrected chi connectivity index (χ2v) is 7.06. The quantitative estimate of drug-likeness (QED) is 0.614. The first kappa shape index (κ1) is 18.3. The molecular formula is C12H16Cl3NO5. The second kappa shape index (κ2) is 7.51. The van der Waals surface area contributed by atoms with Crippen molar-refractivity contribution in [2.24, 2.45) is 0 Å². The number of ether oxygens (including phenoxy) is 2. The van der Waals surface area contributed by atoms with E-state index in [9.17, 15) is 14.4 Å². The standard InChI is InChI=1S/C12H16Cl3NO5/c1-6(17)20-9-4-3-8(5-10(9)21-7(2)18)16-11(19)12(13,14)15/h8-10H,3-5H2,1-2H3,(H,16,19)/t8-,9-,10+/m1/s1. The summed E-state index contributed by atoms with van der Waals surface area (Å²) >= 11 is 16.5. The fourth-order valence-corrected chi connectivity index (χ4v) is 2.35. The number of carbonyl (C=O) groups excluding carboxylic acids is 3. The van der Waals surface area contributed by atoms with Crippen molar-refractivity contribution in [1.29, 1.82) is 0 Å². The largest absolute Gasteiger partial charge is 0.459 e. The van der Waals surface area contributed by atoms with Gasteiger partial charge in [0.2, 0.25) is 0 Å². The summed E-state index contributed by atoms with van der Waals surface area (Å²) in [5, 5.41) is 2.57. The van der Waals surface area contributed by atoms with Gasteiger partial charge in [0.15, 0.2) is 0 Å². The molecule has 21 heavy (non-hydrogen) atoms. The zero-order chi connectivity index (χ0) is 16.2. The first-order valence-electron chi connectivity index (χ1n) is 6.31. The van der Waals surface area contributed by atoms with Crippen LogP contribution in [0.4, 0.5) is 0 Å². The van der Waals surface area contributed by atoms with E-state index in [1.807, 2.05) is 0 Å². The molecule has 1 rings (SSSR count). The summed E-state index contributed by atoms with van der Waals surface area (Å²) in [6, 6.07) is -0.329. The van der Waals surface area contributed by atoms with Crippen LogP contribution in [0.3, 0.4) is 0 Å². The smallest absolute Gasteiger partial charge is 0.303 e. The van der Waals surface area contributed by atoms with Crippen molar-refractivity contribution in [2.75, 3.05) is 0 Å². The lowest BCUT2D eigenvalue weighted by molar-refractivity contribution is -0.169. The van der Waals surface area contributed by atoms with Gasteiger partial charge in [0.1, 0.15) is 12.2 Å². The summed E-state index contributed by atoms with van der Waals surface area (Å²) < 4.78 is 8.20. The molecule has 0 bridgehead atoms. The summed E-state index contributed by atoms with van der Waals surface area (Å²) in [6.07, 6.45) is 0.0577. The summed E-state index contributed by atoms with van der Waals surface area (Å²) in [7, 11) is 0. The van der Waals surface area contributed by atoms with Gasteiger partial charge in [0, 0.05) is 26.3 Å². The van der Waals surface area contributed by atoms with Crippen LogP contribution < -0.4 is 5.32 Å². The number of carbonyl (C=O) groups is 3. The molecule has 0 aromatic carbocycles. The molecule has 1 fully saturated rings. The van der Waals surface area contributed by atoms with Crippen molar-refractivity contribution in [3.05, 3.63) is 0 Å². The van der Waals surface area contributed by atoms with Gasteiger partial charge in [-0.2, -0.15) is 0 Å². The van der Waals surface area contributed by atoms with Gasteiger partial charge in [-0.15, -0.1) is 0 Å². The SMILES string of the molecule is CC(=O)O[C@H]1C[C@H](NC(=O)C(Cl)(Cl)Cl)CC[C@H]1OC(C)=O. The highest BCUT2D eigenvalue weighted by molar-refractivity contribution is 6.76. The fraction of sp³-hybridized carbons (Fsp3) is 0.750. The van der Waals surface area contributed by atoms with Crippen LogP contribution in [0.15, 0.2) is 0 Å². The summed E-state index contributed by atoms with van der Waals surface area (Å²) in [4.78, 5) is 33.8. The minimum atomic E-state index is -2.05. The van der Waals surface area contributed by atoms with Gasteiger partial charge >= 0.3 is 11.9 Å². The number of hydrogen-bond acceptors (Lipinski definition) is 5. The summed E-state index contributed by atoms with van der Waals surface area (Å²) in [5.74, 6) is -1.70. The highest BCUT2D eigenvalue weighted by Crippen LogP contribution is 2.29. The molecule has 0 unspecified atom stereocenters. The lowest BCUT2D eigenvalue weighted by atomic mass is 9.90. The number of halogens is 3. The topological polar surface area (TPSA) is 81.7 Å². The number of alkyl halides is 3. The number of nitrogens with one attached hydrogen (secondary N) is 1. The van der Waals surface area contributed by atoms with Crippen molar-refractivity contribution in [3.63, 3.8) is 0 Å². The Morgan fingerprint density at radius 3 is 2.00 bits per heavy atom. The van der Waals surface area contributed by atoms with Crippen molar-refractivity contribution < 1.29 is 23.9 Å². The Morgan fingerprint density at radius 1 is 1.00 bits per heavy atom. The van der Waals surface area contributed by atoms with E-state index in [2.05, 4.69) is 5.32 Å². The maximum Gasteiger partial charge on any atom is 0.303 e. The van der Waals surface area contributed by atoms with E-state index in [1.165, 1.54) is 13.8 Å². The lowest BCUT2D eigenvalue weighted by Gasteiger charge is -2.35. The Hall–Kier alpha value is -0.720. The second-order valence-electron chi connectivity index (χ2n) is 4.78. The Morgan fingerprint density at radius 2 is 1.52 bits per heavy atom. The number of esters is 2. The van der Waals surface area contributed by atoms with Crippen LogP contribution in [0.2, 0.25) is 0 Å². The zero-order valence-electron chi connectivity index (χ0n) is 11.5. The van der Waals surface area contributed by atoms with Crippen molar-refractivity contribution in [2.45, 2.75) is 55.2 Å². The van der Waals surface area contributed by atoms with Gasteiger partial charge < -0.3 is 14.8 Å². The van der Waals surface area contributed by atoms with E-state index < -0.39 is 33.8 Å². The minimum Gasteiger partial charge on any atom is -0.459 e. The van der Waals surface area contributed by atoms with E-state index in [-0.39, 0.29) is 12.5 Å². The molecule has 0 spiro atoms. The Kier molecular flexibility index (Phi) is 6.56. The average Bonchev–Trinajstić information content (AvgIpc) is 2.30. The highest BCUT2D eigenvalue weighted by atomic mass is 35.6. The van der Waals surface area contributed by atoms with Crippen LogP contribution >= 0.6 is 34.8 Å². The molecular weight excluding hydrogens is 344 g/mol. The molecule has 0 heterocycles. The van der Waals surface area contributed by atoms with Crippen LogP contribution in [-0.2, 0) is 23.9 Å². The predicted octanol–water partition coefficient (Wildman–Crippen LogP) is 1.89. The molecule has 1 N–H and O–H groups in total. The van der Waals surface area contributed by atoms with E-state index in [0.717, 1.165) is 0 Å². The molecule has 1 saturated carbocycles. The molecule has 0 saturated heterocycles. The molecule has 1 aliphatic carbocycles. The summed E-state index contributed by atoms with van der Waals surface area (Å²) in [6.45, 7) is 2.54. The molecule has 9 heteroatoms. The summed E-state index contributed by atoms with van der Waals surface area (Å²) in [5.41, 5.74) is 0. The predicted molar refractivity (Wildman–Crippen MR) is 77.2 cm³/mol. The van der Waals surface area contributed by atoms with Crippen LogP contribution in [0, 0.1) is 0 Å². The molecule has 0 aromatic rings. The first-order chi connectivity index (χ1) is 9.59. The number of amides is 1. The van der Waals surface area contributed by atoms with Gasteiger partial charge in [0.05, 0.1) is 0 Å². The molecule has 1 amide bonds. The van der Waals surface area contributed by atoms with E-state index >= 15 is 0 Å². The molecule has 0 aromatic heterocycles. The maximum atomic E-state index is 11.6.